The molecule has 0 spiro atoms. The highest BCUT2D eigenvalue weighted by molar-refractivity contribution is 5.26. The number of aromatic hydroxyl groups is 1. The van der Waals surface area contributed by atoms with Gasteiger partial charge >= 0.3 is 0 Å². The van der Waals surface area contributed by atoms with Gasteiger partial charge in [0.1, 0.15) is 11.4 Å². The summed E-state index contributed by atoms with van der Waals surface area (Å²) in [6.07, 6.45) is 4.94. The first-order valence-electron chi connectivity index (χ1n) is 8.19. The minimum atomic E-state index is -0.0531. The van der Waals surface area contributed by atoms with Crippen LogP contribution in [0.4, 0.5) is 0 Å². The van der Waals surface area contributed by atoms with E-state index in [1.165, 1.54) is 5.56 Å². The molecule has 0 bridgehead atoms. The molecule has 6 nitrogen and oxygen atoms in total. The predicted octanol–water partition coefficient (Wildman–Crippen LogP) is 1.74. The number of nitrogens with zero attached hydrogens (tertiary/aromatic N) is 4. The molecular formula is C17H24N4O2. The van der Waals surface area contributed by atoms with Crippen LogP contribution in [0.3, 0.4) is 0 Å². The summed E-state index contributed by atoms with van der Waals surface area (Å²) in [6.45, 7) is 4.28. The van der Waals surface area contributed by atoms with E-state index in [1.807, 2.05) is 23.0 Å². The number of hydrogen-bond acceptors (Lipinski definition) is 5. The summed E-state index contributed by atoms with van der Waals surface area (Å²) < 4.78 is 1.90. The Morgan fingerprint density at radius 1 is 1.22 bits per heavy atom. The van der Waals surface area contributed by atoms with Crippen molar-refractivity contribution in [2.45, 2.75) is 44.9 Å². The Morgan fingerprint density at radius 2 is 1.91 bits per heavy atom. The minimum Gasteiger partial charge on any atom is -0.508 e. The van der Waals surface area contributed by atoms with Crippen molar-refractivity contribution in [3.63, 3.8) is 0 Å². The van der Waals surface area contributed by atoms with E-state index in [0.717, 1.165) is 32.4 Å². The standard InChI is InChI=1S/C17H24N4O2/c1-13(10-14-2-4-17(23)5-3-14)20-8-6-16(7-9-20)21-11-15(12-22)18-19-21/h2-5,11,13,16,22-23H,6-10,12H2,1H3/t13-/m1/s1. The van der Waals surface area contributed by atoms with E-state index in [-0.39, 0.29) is 6.61 Å². The van der Waals surface area contributed by atoms with Crippen LogP contribution in [0.1, 0.15) is 37.1 Å². The predicted molar refractivity (Wildman–Crippen MR) is 87.1 cm³/mol. The number of likely N-dealkylation sites (tertiary alicyclic amines) is 1. The number of aliphatic hydroxyl groups is 1. The first-order chi connectivity index (χ1) is 11.2. The molecule has 0 amide bonds. The second-order valence-corrected chi connectivity index (χ2v) is 6.33. The summed E-state index contributed by atoms with van der Waals surface area (Å²) in [6, 6.07) is 8.33. The molecule has 23 heavy (non-hydrogen) atoms. The van der Waals surface area contributed by atoms with E-state index < -0.39 is 0 Å². The number of aromatic nitrogens is 3. The molecular weight excluding hydrogens is 292 g/mol. The highest BCUT2D eigenvalue weighted by Gasteiger charge is 2.24. The van der Waals surface area contributed by atoms with Gasteiger partial charge in [-0.25, -0.2) is 4.68 Å². The van der Waals surface area contributed by atoms with Gasteiger partial charge in [-0.3, -0.25) is 0 Å². The van der Waals surface area contributed by atoms with Crippen molar-refractivity contribution >= 4 is 0 Å². The maximum Gasteiger partial charge on any atom is 0.115 e. The maximum atomic E-state index is 9.36. The van der Waals surface area contributed by atoms with Gasteiger partial charge in [0.2, 0.25) is 0 Å². The smallest absolute Gasteiger partial charge is 0.115 e. The SMILES string of the molecule is C[C@H](Cc1ccc(O)cc1)N1CCC(n2cc(CO)nn2)CC1. The van der Waals surface area contributed by atoms with Crippen molar-refractivity contribution in [3.05, 3.63) is 41.7 Å². The average Bonchev–Trinajstić information content (AvgIpc) is 3.06. The number of rotatable bonds is 5. The third kappa shape index (κ3) is 3.89. The maximum absolute atomic E-state index is 9.36. The van der Waals surface area contributed by atoms with Gasteiger partial charge in [0.15, 0.2) is 0 Å². The summed E-state index contributed by atoms with van der Waals surface area (Å²) in [5.41, 5.74) is 1.88. The number of piperidine rings is 1. The number of aliphatic hydroxyl groups excluding tert-OH is 1. The fourth-order valence-corrected chi connectivity index (χ4v) is 3.26. The second-order valence-electron chi connectivity index (χ2n) is 6.33. The Balaban J connectivity index is 1.52. The van der Waals surface area contributed by atoms with Gasteiger partial charge in [-0.1, -0.05) is 17.3 Å². The summed E-state index contributed by atoms with van der Waals surface area (Å²) in [4.78, 5) is 2.51. The molecule has 0 unspecified atom stereocenters. The van der Waals surface area contributed by atoms with Crippen LogP contribution in [-0.4, -0.2) is 49.2 Å². The molecule has 3 rings (SSSR count). The second kappa shape index (κ2) is 7.10. The fourth-order valence-electron chi connectivity index (χ4n) is 3.26. The molecule has 6 heteroatoms. The summed E-state index contributed by atoms with van der Waals surface area (Å²) in [5.74, 6) is 0.317. The Bertz CT molecular complexity index is 618. The highest BCUT2D eigenvalue weighted by atomic mass is 16.3. The zero-order valence-corrected chi connectivity index (χ0v) is 13.5. The molecule has 1 saturated heterocycles. The molecule has 0 aliphatic carbocycles. The Labute approximate surface area is 136 Å². The van der Waals surface area contributed by atoms with Crippen LogP contribution in [0.25, 0.3) is 0 Å². The number of phenols is 1. The lowest BCUT2D eigenvalue weighted by Crippen LogP contribution is -2.41. The molecule has 0 radical (unpaired) electrons. The zero-order valence-electron chi connectivity index (χ0n) is 13.5. The zero-order chi connectivity index (χ0) is 16.2. The van der Waals surface area contributed by atoms with Gasteiger partial charge in [-0.05, 0) is 43.9 Å². The number of hydrogen-bond donors (Lipinski definition) is 2. The van der Waals surface area contributed by atoms with Crippen molar-refractivity contribution in [1.29, 1.82) is 0 Å². The van der Waals surface area contributed by atoms with E-state index in [2.05, 4.69) is 22.1 Å². The van der Waals surface area contributed by atoms with Crippen LogP contribution in [0.5, 0.6) is 5.75 Å². The van der Waals surface area contributed by atoms with Crippen LogP contribution >= 0.6 is 0 Å². The number of phenolic OH excluding ortho intramolecular Hbond substituents is 1. The molecule has 2 N–H and O–H groups in total. The van der Waals surface area contributed by atoms with E-state index in [1.54, 1.807) is 12.1 Å². The summed E-state index contributed by atoms with van der Waals surface area (Å²) >= 11 is 0. The minimum absolute atomic E-state index is 0.0531. The quantitative estimate of drug-likeness (QED) is 0.879. The average molecular weight is 316 g/mol. The molecule has 1 aromatic heterocycles. The molecule has 1 aliphatic heterocycles. The van der Waals surface area contributed by atoms with Gasteiger partial charge in [0.05, 0.1) is 18.8 Å². The molecule has 0 saturated carbocycles. The topological polar surface area (TPSA) is 74.4 Å². The largest absolute Gasteiger partial charge is 0.508 e. The van der Waals surface area contributed by atoms with Crippen molar-refractivity contribution in [2.24, 2.45) is 0 Å². The first kappa shape index (κ1) is 16.0. The molecule has 124 valence electrons. The Kier molecular flexibility index (Phi) is 4.93. The molecule has 1 aliphatic rings. The fraction of sp³-hybridized carbons (Fsp3) is 0.529. The van der Waals surface area contributed by atoms with Crippen LogP contribution in [0.15, 0.2) is 30.5 Å². The molecule has 1 aromatic carbocycles. The lowest BCUT2D eigenvalue weighted by molar-refractivity contribution is 0.137. The van der Waals surface area contributed by atoms with Crippen LogP contribution < -0.4 is 0 Å². The van der Waals surface area contributed by atoms with Crippen molar-refractivity contribution < 1.29 is 10.2 Å². The monoisotopic (exact) mass is 316 g/mol. The van der Waals surface area contributed by atoms with Gasteiger partial charge in [-0.15, -0.1) is 5.10 Å². The normalized spacial score (nSPS) is 18.2. The van der Waals surface area contributed by atoms with E-state index in [4.69, 9.17) is 5.11 Å². The van der Waals surface area contributed by atoms with Gasteiger partial charge in [0.25, 0.3) is 0 Å². The van der Waals surface area contributed by atoms with Gasteiger partial charge in [0, 0.05) is 19.1 Å². The van der Waals surface area contributed by atoms with Gasteiger partial charge < -0.3 is 15.1 Å². The van der Waals surface area contributed by atoms with Crippen molar-refractivity contribution in [3.8, 4) is 5.75 Å². The van der Waals surface area contributed by atoms with Crippen molar-refractivity contribution in [1.82, 2.24) is 19.9 Å². The highest BCUT2D eigenvalue weighted by Crippen LogP contribution is 2.24. The summed E-state index contributed by atoms with van der Waals surface area (Å²) in [7, 11) is 0. The molecule has 1 fully saturated rings. The summed E-state index contributed by atoms with van der Waals surface area (Å²) in [5, 5.41) is 26.5. The van der Waals surface area contributed by atoms with E-state index in [0.29, 0.717) is 23.5 Å². The van der Waals surface area contributed by atoms with E-state index >= 15 is 0 Å². The molecule has 2 aromatic rings. The van der Waals surface area contributed by atoms with Crippen LogP contribution in [-0.2, 0) is 13.0 Å². The third-order valence-corrected chi connectivity index (χ3v) is 4.68. The molecule has 2 heterocycles. The third-order valence-electron chi connectivity index (χ3n) is 4.68. The van der Waals surface area contributed by atoms with Crippen LogP contribution in [0.2, 0.25) is 0 Å². The van der Waals surface area contributed by atoms with Crippen LogP contribution in [0, 0.1) is 0 Å². The Hall–Kier alpha value is -1.92. The van der Waals surface area contributed by atoms with Crippen molar-refractivity contribution in [2.75, 3.05) is 13.1 Å². The lowest BCUT2D eigenvalue weighted by atomic mass is 10.0. The molecule has 1 atom stereocenters. The van der Waals surface area contributed by atoms with Gasteiger partial charge in [-0.2, -0.15) is 0 Å². The first-order valence-corrected chi connectivity index (χ1v) is 8.19. The van der Waals surface area contributed by atoms with E-state index in [9.17, 15) is 5.11 Å². The Morgan fingerprint density at radius 3 is 2.52 bits per heavy atom. The number of benzene rings is 1. The lowest BCUT2D eigenvalue weighted by Gasteiger charge is -2.36.